The molecule has 0 spiro atoms. The van der Waals surface area contributed by atoms with Gasteiger partial charge >= 0.3 is 0 Å². The Balaban J connectivity index is 0.00000210. The molecule has 2 aromatic rings. The maximum Gasteiger partial charge on any atom is 0.191 e. The van der Waals surface area contributed by atoms with E-state index in [-0.39, 0.29) is 24.0 Å². The molecule has 3 atom stereocenters. The zero-order chi connectivity index (χ0) is 17.9. The average Bonchev–Trinajstić information content (AvgIpc) is 3.30. The number of guanidine groups is 1. The van der Waals surface area contributed by atoms with Gasteiger partial charge in [0, 0.05) is 37.4 Å². The molecular formula is C20H29IN6. The van der Waals surface area contributed by atoms with Gasteiger partial charge in [0.25, 0.3) is 0 Å². The van der Waals surface area contributed by atoms with Gasteiger partial charge in [-0.05, 0) is 25.3 Å². The lowest BCUT2D eigenvalue weighted by Crippen LogP contribution is -2.48. The van der Waals surface area contributed by atoms with Crippen LogP contribution in [0, 0.1) is 0 Å². The summed E-state index contributed by atoms with van der Waals surface area (Å²) in [6.07, 6.45) is 4.11. The van der Waals surface area contributed by atoms with Crippen molar-refractivity contribution in [1.29, 1.82) is 0 Å². The second-order valence-electron chi connectivity index (χ2n) is 7.19. The predicted molar refractivity (Wildman–Crippen MR) is 119 cm³/mol. The van der Waals surface area contributed by atoms with E-state index in [1.54, 1.807) is 0 Å². The van der Waals surface area contributed by atoms with Crippen LogP contribution in [0.15, 0.2) is 35.3 Å². The first-order valence-electron chi connectivity index (χ1n) is 9.81. The average molecular weight is 480 g/mol. The number of benzene rings is 1. The molecule has 1 aliphatic heterocycles. The minimum Gasteiger partial charge on any atom is -0.353 e. The fraction of sp³-hybridized carbons (Fsp3) is 0.550. The maximum atomic E-state index is 4.65. The van der Waals surface area contributed by atoms with Crippen LogP contribution >= 0.6 is 24.0 Å². The first kappa shape index (κ1) is 20.1. The summed E-state index contributed by atoms with van der Waals surface area (Å²) in [6, 6.07) is 11.6. The molecule has 1 aliphatic carbocycles. The van der Waals surface area contributed by atoms with Crippen molar-refractivity contribution in [1.82, 2.24) is 25.4 Å². The maximum absolute atomic E-state index is 4.65. The number of nitrogens with one attached hydrogen (secondary N) is 2. The van der Waals surface area contributed by atoms with E-state index < -0.39 is 0 Å². The summed E-state index contributed by atoms with van der Waals surface area (Å²) in [5.74, 6) is 3.60. The normalized spacial score (nSPS) is 23.9. The van der Waals surface area contributed by atoms with Crippen LogP contribution in [0.1, 0.15) is 49.8 Å². The molecule has 27 heavy (non-hydrogen) atoms. The molecule has 0 bridgehead atoms. The van der Waals surface area contributed by atoms with E-state index in [1.165, 1.54) is 12.0 Å². The minimum absolute atomic E-state index is 0. The van der Waals surface area contributed by atoms with Crippen molar-refractivity contribution >= 4 is 29.9 Å². The minimum atomic E-state index is 0. The highest BCUT2D eigenvalue weighted by Crippen LogP contribution is 2.40. The number of halogens is 1. The zero-order valence-electron chi connectivity index (χ0n) is 16.1. The van der Waals surface area contributed by atoms with E-state index in [4.69, 9.17) is 0 Å². The summed E-state index contributed by atoms with van der Waals surface area (Å²) in [5, 5.41) is 11.8. The van der Waals surface area contributed by atoms with E-state index in [0.717, 1.165) is 50.0 Å². The van der Waals surface area contributed by atoms with Gasteiger partial charge in [-0.2, -0.15) is 5.10 Å². The number of hydrogen-bond donors (Lipinski definition) is 2. The highest BCUT2D eigenvalue weighted by molar-refractivity contribution is 14.0. The lowest BCUT2D eigenvalue weighted by atomic mass is 10.1. The third kappa shape index (κ3) is 4.80. The molecule has 146 valence electrons. The highest BCUT2D eigenvalue weighted by Gasteiger charge is 2.39. The van der Waals surface area contributed by atoms with E-state index in [9.17, 15) is 0 Å². The molecule has 0 amide bonds. The van der Waals surface area contributed by atoms with Crippen molar-refractivity contribution in [3.63, 3.8) is 0 Å². The third-order valence-electron chi connectivity index (χ3n) is 5.22. The molecule has 1 aromatic carbocycles. The van der Waals surface area contributed by atoms with Crippen LogP contribution in [-0.2, 0) is 19.4 Å². The molecule has 7 heteroatoms. The summed E-state index contributed by atoms with van der Waals surface area (Å²) < 4.78 is 2.06. The van der Waals surface area contributed by atoms with Crippen LogP contribution < -0.4 is 10.6 Å². The molecule has 1 aromatic heterocycles. The Bertz CT molecular complexity index is 772. The second kappa shape index (κ2) is 9.03. The summed E-state index contributed by atoms with van der Waals surface area (Å²) in [7, 11) is 0. The number of aliphatic imine (C=N–C) groups is 1. The van der Waals surface area contributed by atoms with Crippen molar-refractivity contribution < 1.29 is 0 Å². The van der Waals surface area contributed by atoms with Gasteiger partial charge in [0.2, 0.25) is 0 Å². The first-order chi connectivity index (χ1) is 12.8. The Morgan fingerprint density at radius 3 is 2.78 bits per heavy atom. The molecule has 2 heterocycles. The summed E-state index contributed by atoms with van der Waals surface area (Å²) >= 11 is 0. The van der Waals surface area contributed by atoms with Crippen molar-refractivity contribution in [2.75, 3.05) is 6.54 Å². The Labute approximate surface area is 178 Å². The molecular weight excluding hydrogens is 451 g/mol. The molecule has 0 saturated heterocycles. The standard InChI is InChI=1S/C20H28N6.HI/c1-3-18-24-19-11-10-15(13-26(19)25-18)22-20(21-4-2)23-17-12-16(17)14-8-6-5-7-9-14;/h5-9,15-17H,3-4,10-13H2,1-2H3,(H2,21,22,23);1H. The molecule has 3 unspecified atom stereocenters. The van der Waals surface area contributed by atoms with E-state index in [2.05, 4.69) is 74.6 Å². The van der Waals surface area contributed by atoms with Gasteiger partial charge in [-0.1, -0.05) is 37.3 Å². The van der Waals surface area contributed by atoms with Crippen molar-refractivity contribution in [3.8, 4) is 0 Å². The van der Waals surface area contributed by atoms with Crippen molar-refractivity contribution in [2.24, 2.45) is 4.99 Å². The van der Waals surface area contributed by atoms with Crippen LogP contribution in [0.3, 0.4) is 0 Å². The number of aryl methyl sites for hydroxylation is 2. The van der Waals surface area contributed by atoms with Gasteiger partial charge in [0.15, 0.2) is 11.8 Å². The van der Waals surface area contributed by atoms with E-state index in [0.29, 0.717) is 18.0 Å². The van der Waals surface area contributed by atoms with Gasteiger partial charge in [-0.3, -0.25) is 4.99 Å². The van der Waals surface area contributed by atoms with Crippen LogP contribution in [0.2, 0.25) is 0 Å². The second-order valence-corrected chi connectivity index (χ2v) is 7.19. The quantitative estimate of drug-likeness (QED) is 0.393. The molecule has 1 saturated carbocycles. The highest BCUT2D eigenvalue weighted by atomic mass is 127. The van der Waals surface area contributed by atoms with Crippen LogP contribution in [0.25, 0.3) is 0 Å². The van der Waals surface area contributed by atoms with Crippen molar-refractivity contribution in [2.45, 2.75) is 64.1 Å². The van der Waals surface area contributed by atoms with Gasteiger partial charge < -0.3 is 10.6 Å². The lowest BCUT2D eigenvalue weighted by Gasteiger charge is -2.25. The topological polar surface area (TPSA) is 67.1 Å². The fourth-order valence-corrected chi connectivity index (χ4v) is 3.71. The van der Waals surface area contributed by atoms with Crippen LogP contribution in [-0.4, -0.2) is 39.4 Å². The Hall–Kier alpha value is -1.64. The Morgan fingerprint density at radius 2 is 2.04 bits per heavy atom. The zero-order valence-corrected chi connectivity index (χ0v) is 18.4. The number of rotatable bonds is 5. The van der Waals surface area contributed by atoms with Gasteiger partial charge in [0.1, 0.15) is 5.82 Å². The van der Waals surface area contributed by atoms with Gasteiger partial charge in [0.05, 0.1) is 6.54 Å². The summed E-state index contributed by atoms with van der Waals surface area (Å²) in [5.41, 5.74) is 1.41. The lowest BCUT2D eigenvalue weighted by molar-refractivity contribution is 0.392. The molecule has 4 rings (SSSR count). The van der Waals surface area contributed by atoms with Crippen LogP contribution in [0.4, 0.5) is 0 Å². The predicted octanol–water partition coefficient (Wildman–Crippen LogP) is 2.88. The molecule has 1 fully saturated rings. The first-order valence-corrected chi connectivity index (χ1v) is 9.81. The largest absolute Gasteiger partial charge is 0.353 e. The summed E-state index contributed by atoms with van der Waals surface area (Å²) in [6.45, 7) is 5.82. The van der Waals surface area contributed by atoms with E-state index in [1.807, 2.05) is 0 Å². The fourth-order valence-electron chi connectivity index (χ4n) is 3.71. The van der Waals surface area contributed by atoms with Gasteiger partial charge in [-0.15, -0.1) is 24.0 Å². The Morgan fingerprint density at radius 1 is 1.22 bits per heavy atom. The number of nitrogens with zero attached hydrogens (tertiary/aromatic N) is 4. The summed E-state index contributed by atoms with van der Waals surface area (Å²) in [4.78, 5) is 9.25. The van der Waals surface area contributed by atoms with Gasteiger partial charge in [-0.25, -0.2) is 9.67 Å². The van der Waals surface area contributed by atoms with Crippen molar-refractivity contribution in [3.05, 3.63) is 47.5 Å². The Kier molecular flexibility index (Phi) is 6.73. The number of aromatic nitrogens is 3. The smallest absolute Gasteiger partial charge is 0.191 e. The molecule has 2 aliphatic rings. The monoisotopic (exact) mass is 480 g/mol. The molecule has 2 N–H and O–H groups in total. The number of hydrogen-bond acceptors (Lipinski definition) is 3. The third-order valence-corrected chi connectivity index (χ3v) is 5.22. The number of fused-ring (bicyclic) bond motifs is 1. The van der Waals surface area contributed by atoms with Crippen LogP contribution in [0.5, 0.6) is 0 Å². The molecule has 0 radical (unpaired) electrons. The van der Waals surface area contributed by atoms with E-state index >= 15 is 0 Å². The molecule has 6 nitrogen and oxygen atoms in total. The SMILES string of the molecule is CCN=C(NC1CCc2nc(CC)nn2C1)NC1CC1c1ccccc1.I.